The van der Waals surface area contributed by atoms with Crippen molar-refractivity contribution in [2.45, 2.75) is 27.3 Å². The minimum absolute atomic E-state index is 0.880. The van der Waals surface area contributed by atoms with E-state index in [1.165, 1.54) is 16.7 Å². The Balaban J connectivity index is 2.77. The van der Waals surface area contributed by atoms with Crippen molar-refractivity contribution < 1.29 is 0 Å². The van der Waals surface area contributed by atoms with Crippen molar-refractivity contribution in [3.05, 3.63) is 41.5 Å². The maximum atomic E-state index is 5.97. The molecule has 0 saturated carbocycles. The summed E-state index contributed by atoms with van der Waals surface area (Å²) in [6.45, 7) is 13.1. The molecule has 0 fully saturated rings. The predicted octanol–water partition coefficient (Wildman–Crippen LogP) is 2.98. The highest BCUT2D eigenvalue weighted by Gasteiger charge is 2.06. The SMILES string of the molecule is C=C(C)CN(CC)Cc1cc(C)ccc1N. The van der Waals surface area contributed by atoms with E-state index in [0.29, 0.717) is 0 Å². The molecule has 2 nitrogen and oxygen atoms in total. The summed E-state index contributed by atoms with van der Waals surface area (Å²) < 4.78 is 0. The molecule has 2 N–H and O–H groups in total. The van der Waals surface area contributed by atoms with Gasteiger partial charge in [0.25, 0.3) is 0 Å². The maximum absolute atomic E-state index is 5.97. The van der Waals surface area contributed by atoms with E-state index in [9.17, 15) is 0 Å². The van der Waals surface area contributed by atoms with E-state index in [1.54, 1.807) is 0 Å². The minimum Gasteiger partial charge on any atom is -0.398 e. The topological polar surface area (TPSA) is 29.3 Å². The fourth-order valence-electron chi connectivity index (χ4n) is 1.77. The van der Waals surface area contributed by atoms with E-state index < -0.39 is 0 Å². The van der Waals surface area contributed by atoms with Crippen molar-refractivity contribution in [1.29, 1.82) is 0 Å². The van der Waals surface area contributed by atoms with Gasteiger partial charge in [0, 0.05) is 18.8 Å². The van der Waals surface area contributed by atoms with Crippen LogP contribution in [0.5, 0.6) is 0 Å². The standard InChI is InChI=1S/C14H22N2/c1-5-16(9-11(2)3)10-13-8-12(4)6-7-14(13)15/h6-8H,2,5,9-10,15H2,1,3-4H3. The molecule has 0 aliphatic carbocycles. The summed E-state index contributed by atoms with van der Waals surface area (Å²) in [6.07, 6.45) is 0. The van der Waals surface area contributed by atoms with Crippen molar-refractivity contribution in [3.63, 3.8) is 0 Å². The number of rotatable bonds is 5. The average molecular weight is 218 g/mol. The van der Waals surface area contributed by atoms with Gasteiger partial charge in [-0.15, -0.1) is 0 Å². The molecule has 0 bridgehead atoms. The molecule has 2 heteroatoms. The van der Waals surface area contributed by atoms with Crippen LogP contribution in [0.4, 0.5) is 5.69 Å². The molecule has 0 radical (unpaired) electrons. The van der Waals surface area contributed by atoms with Crippen LogP contribution in [0, 0.1) is 6.92 Å². The Labute approximate surface area is 98.8 Å². The molecule has 1 aromatic carbocycles. The van der Waals surface area contributed by atoms with Crippen molar-refractivity contribution in [2.24, 2.45) is 0 Å². The van der Waals surface area contributed by atoms with E-state index in [-0.39, 0.29) is 0 Å². The lowest BCUT2D eigenvalue weighted by Crippen LogP contribution is -2.25. The van der Waals surface area contributed by atoms with Crippen LogP contribution >= 0.6 is 0 Å². The molecule has 0 amide bonds. The monoisotopic (exact) mass is 218 g/mol. The highest BCUT2D eigenvalue weighted by atomic mass is 15.1. The Morgan fingerprint density at radius 3 is 2.69 bits per heavy atom. The molecule has 1 aromatic rings. The van der Waals surface area contributed by atoms with Gasteiger partial charge in [-0.1, -0.05) is 36.8 Å². The van der Waals surface area contributed by atoms with Gasteiger partial charge in [-0.3, -0.25) is 4.90 Å². The number of aryl methyl sites for hydroxylation is 1. The molecule has 0 atom stereocenters. The normalized spacial score (nSPS) is 10.8. The number of hydrogen-bond donors (Lipinski definition) is 1. The van der Waals surface area contributed by atoms with Crippen LogP contribution in [0.2, 0.25) is 0 Å². The lowest BCUT2D eigenvalue weighted by atomic mass is 10.1. The summed E-state index contributed by atoms with van der Waals surface area (Å²) in [5.41, 5.74) is 10.5. The van der Waals surface area contributed by atoms with Crippen molar-refractivity contribution in [3.8, 4) is 0 Å². The van der Waals surface area contributed by atoms with Gasteiger partial charge in [0.2, 0.25) is 0 Å². The molecule has 0 aliphatic heterocycles. The minimum atomic E-state index is 0.880. The summed E-state index contributed by atoms with van der Waals surface area (Å²) in [6, 6.07) is 6.20. The molecule has 0 saturated heterocycles. The molecule has 0 unspecified atom stereocenters. The van der Waals surface area contributed by atoms with Crippen LogP contribution in [-0.2, 0) is 6.54 Å². The quantitative estimate of drug-likeness (QED) is 0.608. The predicted molar refractivity (Wildman–Crippen MR) is 71.4 cm³/mol. The first-order chi connectivity index (χ1) is 7.52. The van der Waals surface area contributed by atoms with Crippen molar-refractivity contribution in [1.82, 2.24) is 4.90 Å². The third kappa shape index (κ3) is 3.70. The van der Waals surface area contributed by atoms with Crippen LogP contribution < -0.4 is 5.73 Å². The largest absolute Gasteiger partial charge is 0.398 e. The van der Waals surface area contributed by atoms with Crippen molar-refractivity contribution >= 4 is 5.69 Å². The van der Waals surface area contributed by atoms with Gasteiger partial charge in [-0.25, -0.2) is 0 Å². The number of benzene rings is 1. The van der Waals surface area contributed by atoms with Gasteiger partial charge >= 0.3 is 0 Å². The van der Waals surface area contributed by atoms with Gasteiger partial charge in [0.1, 0.15) is 0 Å². The smallest absolute Gasteiger partial charge is 0.0359 e. The first kappa shape index (κ1) is 12.8. The van der Waals surface area contributed by atoms with Gasteiger partial charge in [0.15, 0.2) is 0 Å². The lowest BCUT2D eigenvalue weighted by molar-refractivity contribution is 0.305. The Morgan fingerprint density at radius 1 is 1.44 bits per heavy atom. The molecular weight excluding hydrogens is 196 g/mol. The fourth-order valence-corrected chi connectivity index (χ4v) is 1.77. The lowest BCUT2D eigenvalue weighted by Gasteiger charge is -2.21. The highest BCUT2D eigenvalue weighted by Crippen LogP contribution is 2.16. The Hall–Kier alpha value is -1.28. The number of anilines is 1. The molecule has 0 heterocycles. The zero-order valence-corrected chi connectivity index (χ0v) is 10.6. The number of nitrogens with two attached hydrogens (primary N) is 1. The van der Waals surface area contributed by atoms with E-state index in [4.69, 9.17) is 5.73 Å². The van der Waals surface area contributed by atoms with Gasteiger partial charge in [-0.2, -0.15) is 0 Å². The summed E-state index contributed by atoms with van der Waals surface area (Å²) in [5.74, 6) is 0. The number of nitrogen functional groups attached to an aromatic ring is 1. The first-order valence-corrected chi connectivity index (χ1v) is 5.74. The number of likely N-dealkylation sites (N-methyl/N-ethyl adjacent to an activating group) is 1. The van der Waals surface area contributed by atoms with Crippen molar-refractivity contribution in [2.75, 3.05) is 18.8 Å². The van der Waals surface area contributed by atoms with E-state index in [0.717, 1.165) is 25.3 Å². The molecule has 16 heavy (non-hydrogen) atoms. The third-order valence-corrected chi connectivity index (χ3v) is 2.63. The first-order valence-electron chi connectivity index (χ1n) is 5.74. The summed E-state index contributed by atoms with van der Waals surface area (Å²) in [5, 5.41) is 0. The zero-order chi connectivity index (χ0) is 12.1. The van der Waals surface area contributed by atoms with Gasteiger partial charge in [0.05, 0.1) is 0 Å². The summed E-state index contributed by atoms with van der Waals surface area (Å²) in [4.78, 5) is 2.34. The van der Waals surface area contributed by atoms with E-state index in [2.05, 4.69) is 38.3 Å². The number of hydrogen-bond acceptors (Lipinski definition) is 2. The van der Waals surface area contributed by atoms with Crippen LogP contribution in [0.3, 0.4) is 0 Å². The molecule has 0 aromatic heterocycles. The average Bonchev–Trinajstić information content (AvgIpc) is 2.21. The van der Waals surface area contributed by atoms with Crippen LogP contribution in [0.1, 0.15) is 25.0 Å². The molecule has 0 spiro atoms. The second-order valence-electron chi connectivity index (χ2n) is 4.46. The van der Waals surface area contributed by atoms with Crippen LogP contribution in [-0.4, -0.2) is 18.0 Å². The summed E-state index contributed by atoms with van der Waals surface area (Å²) >= 11 is 0. The molecule has 0 aliphatic rings. The van der Waals surface area contributed by atoms with Gasteiger partial charge < -0.3 is 5.73 Å². The van der Waals surface area contributed by atoms with Gasteiger partial charge in [-0.05, 0) is 32.0 Å². The summed E-state index contributed by atoms with van der Waals surface area (Å²) in [7, 11) is 0. The Kier molecular flexibility index (Phi) is 4.56. The molecular formula is C14H22N2. The van der Waals surface area contributed by atoms with Crippen LogP contribution in [0.15, 0.2) is 30.4 Å². The third-order valence-electron chi connectivity index (χ3n) is 2.63. The fraction of sp³-hybridized carbons (Fsp3) is 0.429. The van der Waals surface area contributed by atoms with E-state index >= 15 is 0 Å². The second-order valence-corrected chi connectivity index (χ2v) is 4.46. The van der Waals surface area contributed by atoms with E-state index in [1.807, 2.05) is 12.1 Å². The maximum Gasteiger partial charge on any atom is 0.0359 e. The van der Waals surface area contributed by atoms with Crippen LogP contribution in [0.25, 0.3) is 0 Å². The highest BCUT2D eigenvalue weighted by molar-refractivity contribution is 5.48. The Bertz CT molecular complexity index is 369. The number of nitrogens with zero attached hydrogens (tertiary/aromatic N) is 1. The molecule has 1 rings (SSSR count). The molecule has 88 valence electrons. The zero-order valence-electron chi connectivity index (χ0n) is 10.6. The second kappa shape index (κ2) is 5.71. The Morgan fingerprint density at radius 2 is 2.12 bits per heavy atom.